The minimum atomic E-state index is -0.604. The topological polar surface area (TPSA) is 118 Å². The third-order valence-electron chi connectivity index (χ3n) is 5.35. The molecule has 0 unspecified atom stereocenters. The first-order valence-electron chi connectivity index (χ1n) is 11.0. The molecule has 33 heavy (non-hydrogen) atoms. The standard InChI is InChI=1S/C22H26N6O4S/c1-2-3-6-9-28-21(31)16-8-5-4-7-15(16)18(26-28)20(30)25-24-19(29)17-14-33-22(23-17)27-10-12-32-13-11-27/h4-5,7-8,14H,2-3,6,9-13H2,1H3,(H,24,29)(H,25,30). The Balaban J connectivity index is 1.48. The first-order chi connectivity index (χ1) is 16.1. The summed E-state index contributed by atoms with van der Waals surface area (Å²) in [4.78, 5) is 44.6. The van der Waals surface area contributed by atoms with Crippen molar-refractivity contribution >= 4 is 39.1 Å². The van der Waals surface area contributed by atoms with Gasteiger partial charge in [-0.2, -0.15) is 5.10 Å². The Bertz CT molecular complexity index is 1200. The summed E-state index contributed by atoms with van der Waals surface area (Å²) in [6, 6.07) is 6.83. The number of aromatic nitrogens is 3. The highest BCUT2D eigenvalue weighted by Crippen LogP contribution is 2.21. The van der Waals surface area contributed by atoms with Gasteiger partial charge in [-0.1, -0.05) is 38.0 Å². The Kier molecular flexibility index (Phi) is 7.30. The maximum absolute atomic E-state index is 12.9. The first-order valence-corrected chi connectivity index (χ1v) is 11.8. The molecule has 10 nitrogen and oxygen atoms in total. The molecule has 3 aromatic rings. The molecule has 11 heteroatoms. The fourth-order valence-corrected chi connectivity index (χ4v) is 4.43. The van der Waals surface area contributed by atoms with Gasteiger partial charge in [0.1, 0.15) is 5.69 Å². The molecule has 3 heterocycles. The number of hydrogen-bond acceptors (Lipinski definition) is 8. The van der Waals surface area contributed by atoms with Crippen molar-refractivity contribution in [2.75, 3.05) is 31.2 Å². The summed E-state index contributed by atoms with van der Waals surface area (Å²) < 4.78 is 6.66. The summed E-state index contributed by atoms with van der Waals surface area (Å²) in [5, 5.41) is 7.53. The number of carbonyl (C=O) groups excluding carboxylic acids is 2. The van der Waals surface area contributed by atoms with Crippen LogP contribution in [-0.4, -0.2) is 52.9 Å². The number of anilines is 1. The van der Waals surface area contributed by atoms with Gasteiger partial charge in [0.15, 0.2) is 10.8 Å². The van der Waals surface area contributed by atoms with Gasteiger partial charge in [-0.25, -0.2) is 9.67 Å². The maximum atomic E-state index is 12.9. The number of unbranched alkanes of at least 4 members (excludes halogenated alkanes) is 2. The number of ether oxygens (including phenoxy) is 1. The van der Waals surface area contributed by atoms with E-state index in [0.29, 0.717) is 30.5 Å². The second-order valence-corrected chi connectivity index (χ2v) is 8.49. The van der Waals surface area contributed by atoms with Gasteiger partial charge in [-0.3, -0.25) is 25.2 Å². The van der Waals surface area contributed by atoms with E-state index in [4.69, 9.17) is 4.74 Å². The van der Waals surface area contributed by atoms with Crippen LogP contribution in [-0.2, 0) is 11.3 Å². The number of amides is 2. The second-order valence-electron chi connectivity index (χ2n) is 7.65. The number of thiazole rings is 1. The van der Waals surface area contributed by atoms with Crippen LogP contribution in [0.25, 0.3) is 10.8 Å². The van der Waals surface area contributed by atoms with E-state index in [0.717, 1.165) is 37.5 Å². The molecule has 0 aliphatic carbocycles. The second kappa shape index (κ2) is 10.5. The van der Waals surface area contributed by atoms with E-state index < -0.39 is 11.8 Å². The number of nitrogens with one attached hydrogen (secondary N) is 2. The van der Waals surface area contributed by atoms with Crippen LogP contribution in [0.5, 0.6) is 0 Å². The number of carbonyl (C=O) groups is 2. The van der Waals surface area contributed by atoms with E-state index >= 15 is 0 Å². The molecule has 2 N–H and O–H groups in total. The molecule has 1 saturated heterocycles. The van der Waals surface area contributed by atoms with E-state index in [1.54, 1.807) is 29.6 Å². The molecular formula is C22H26N6O4S. The smallest absolute Gasteiger partial charge is 0.290 e. The van der Waals surface area contributed by atoms with E-state index in [-0.39, 0.29) is 16.9 Å². The van der Waals surface area contributed by atoms with Gasteiger partial charge < -0.3 is 9.64 Å². The molecule has 2 aromatic heterocycles. The zero-order valence-electron chi connectivity index (χ0n) is 18.4. The summed E-state index contributed by atoms with van der Waals surface area (Å²) >= 11 is 1.37. The van der Waals surface area contributed by atoms with Crippen molar-refractivity contribution in [3.05, 3.63) is 51.4 Å². The summed E-state index contributed by atoms with van der Waals surface area (Å²) in [6.45, 7) is 5.19. The third kappa shape index (κ3) is 5.20. The average Bonchev–Trinajstić information content (AvgIpc) is 3.35. The maximum Gasteiger partial charge on any atom is 0.290 e. The Hall–Kier alpha value is -3.31. The van der Waals surface area contributed by atoms with E-state index in [2.05, 4.69) is 32.8 Å². The number of benzene rings is 1. The van der Waals surface area contributed by atoms with Crippen LogP contribution in [0.2, 0.25) is 0 Å². The fourth-order valence-electron chi connectivity index (χ4n) is 3.57. The first kappa shape index (κ1) is 22.9. The normalized spacial score (nSPS) is 13.8. The predicted octanol–water partition coefficient (Wildman–Crippen LogP) is 1.95. The van der Waals surface area contributed by atoms with Gasteiger partial charge in [0, 0.05) is 30.4 Å². The summed E-state index contributed by atoms with van der Waals surface area (Å²) in [7, 11) is 0. The minimum Gasteiger partial charge on any atom is -0.378 e. The molecule has 0 bridgehead atoms. The number of rotatable bonds is 7. The van der Waals surface area contributed by atoms with Crippen molar-refractivity contribution in [2.45, 2.75) is 32.7 Å². The SMILES string of the molecule is CCCCCn1nc(C(=O)NNC(=O)c2csc(N3CCOCC3)n2)c2ccccc2c1=O. The molecule has 4 rings (SSSR count). The minimum absolute atomic E-state index is 0.0780. The monoisotopic (exact) mass is 470 g/mol. The van der Waals surface area contributed by atoms with Crippen LogP contribution in [0.3, 0.4) is 0 Å². The van der Waals surface area contributed by atoms with Gasteiger partial charge in [0.05, 0.1) is 18.6 Å². The molecule has 2 amide bonds. The van der Waals surface area contributed by atoms with Crippen LogP contribution >= 0.6 is 11.3 Å². The van der Waals surface area contributed by atoms with Gasteiger partial charge in [-0.15, -0.1) is 11.3 Å². The molecule has 1 aliphatic rings. The Morgan fingerprint density at radius 1 is 1.09 bits per heavy atom. The summed E-state index contributed by atoms with van der Waals surface area (Å²) in [6.07, 6.45) is 2.75. The number of fused-ring (bicyclic) bond motifs is 1. The van der Waals surface area contributed by atoms with Crippen molar-refractivity contribution in [1.82, 2.24) is 25.6 Å². The van der Waals surface area contributed by atoms with Crippen LogP contribution in [0.1, 0.15) is 47.2 Å². The molecule has 0 saturated carbocycles. The van der Waals surface area contributed by atoms with Gasteiger partial charge >= 0.3 is 0 Å². The molecule has 174 valence electrons. The lowest BCUT2D eigenvalue weighted by Gasteiger charge is -2.25. The lowest BCUT2D eigenvalue weighted by molar-refractivity contribution is 0.0841. The Morgan fingerprint density at radius 3 is 2.58 bits per heavy atom. The number of morpholine rings is 1. The lowest BCUT2D eigenvalue weighted by atomic mass is 10.1. The predicted molar refractivity (Wildman–Crippen MR) is 126 cm³/mol. The van der Waals surface area contributed by atoms with Crippen molar-refractivity contribution in [1.29, 1.82) is 0 Å². The molecule has 1 aliphatic heterocycles. The number of nitrogens with zero attached hydrogens (tertiary/aromatic N) is 4. The Morgan fingerprint density at radius 2 is 1.82 bits per heavy atom. The van der Waals surface area contributed by atoms with Crippen molar-refractivity contribution in [2.24, 2.45) is 0 Å². The van der Waals surface area contributed by atoms with Crippen LogP contribution < -0.4 is 21.3 Å². The summed E-state index contributed by atoms with van der Waals surface area (Å²) in [5.74, 6) is -1.13. The van der Waals surface area contributed by atoms with Crippen LogP contribution in [0.15, 0.2) is 34.4 Å². The fraction of sp³-hybridized carbons (Fsp3) is 0.409. The van der Waals surface area contributed by atoms with E-state index in [9.17, 15) is 14.4 Å². The average molecular weight is 471 g/mol. The Labute approximate surface area is 194 Å². The number of hydrazine groups is 1. The van der Waals surface area contributed by atoms with Crippen molar-refractivity contribution in [3.63, 3.8) is 0 Å². The largest absolute Gasteiger partial charge is 0.378 e. The van der Waals surface area contributed by atoms with Crippen LogP contribution in [0, 0.1) is 0 Å². The molecule has 0 atom stereocenters. The number of hydrogen-bond donors (Lipinski definition) is 2. The van der Waals surface area contributed by atoms with Crippen molar-refractivity contribution < 1.29 is 14.3 Å². The number of aryl methyl sites for hydroxylation is 1. The van der Waals surface area contributed by atoms with Gasteiger partial charge in [0.25, 0.3) is 17.4 Å². The highest BCUT2D eigenvalue weighted by Gasteiger charge is 2.20. The zero-order chi connectivity index (χ0) is 23.2. The molecular weight excluding hydrogens is 444 g/mol. The zero-order valence-corrected chi connectivity index (χ0v) is 19.2. The van der Waals surface area contributed by atoms with E-state index in [1.165, 1.54) is 16.0 Å². The molecule has 0 spiro atoms. The molecule has 0 radical (unpaired) electrons. The van der Waals surface area contributed by atoms with Crippen LogP contribution in [0.4, 0.5) is 5.13 Å². The quantitative estimate of drug-likeness (QED) is 0.400. The summed E-state index contributed by atoms with van der Waals surface area (Å²) in [5.41, 5.74) is 4.86. The van der Waals surface area contributed by atoms with Gasteiger partial charge in [-0.05, 0) is 12.5 Å². The highest BCUT2D eigenvalue weighted by molar-refractivity contribution is 7.13. The van der Waals surface area contributed by atoms with Crippen molar-refractivity contribution in [3.8, 4) is 0 Å². The third-order valence-corrected chi connectivity index (χ3v) is 6.25. The van der Waals surface area contributed by atoms with Gasteiger partial charge in [0.2, 0.25) is 0 Å². The molecule has 1 fully saturated rings. The highest BCUT2D eigenvalue weighted by atomic mass is 32.1. The molecule has 1 aromatic carbocycles. The van der Waals surface area contributed by atoms with E-state index in [1.807, 2.05) is 0 Å². The lowest BCUT2D eigenvalue weighted by Crippen LogP contribution is -2.43.